The number of imidazole rings is 1. The fraction of sp³-hybridized carbons (Fsp3) is 0. The molecule has 2 aromatic carbocycles. The summed E-state index contributed by atoms with van der Waals surface area (Å²) in [5.74, 6) is 0.716. The highest BCUT2D eigenvalue weighted by molar-refractivity contribution is 6.37. The van der Waals surface area contributed by atoms with Gasteiger partial charge in [-0.1, -0.05) is 47.5 Å². The van der Waals surface area contributed by atoms with Gasteiger partial charge in [-0.3, -0.25) is 9.20 Å². The van der Waals surface area contributed by atoms with Gasteiger partial charge in [0.2, 0.25) is 11.7 Å². The Morgan fingerprint density at radius 2 is 1.69 bits per heavy atom. The third-order valence-corrected chi connectivity index (χ3v) is 5.05. The molecule has 0 radical (unpaired) electrons. The second-order valence-electron chi connectivity index (χ2n) is 6.23. The first-order valence-electron chi connectivity index (χ1n) is 8.65. The molecule has 0 aliphatic carbocycles. The SMILES string of the molecule is O=c1c2cnc(Nc3ccccc3)nc2n2ccnc2n1-c1c(Cl)cccc1Cl. The van der Waals surface area contributed by atoms with Gasteiger partial charge in [0.05, 0.1) is 15.7 Å². The molecule has 0 spiro atoms. The van der Waals surface area contributed by atoms with Gasteiger partial charge < -0.3 is 5.32 Å². The highest BCUT2D eigenvalue weighted by atomic mass is 35.5. The van der Waals surface area contributed by atoms with E-state index in [4.69, 9.17) is 23.2 Å². The molecule has 0 unspecified atom stereocenters. The Bertz CT molecular complexity index is 1410. The number of nitrogens with zero attached hydrogens (tertiary/aromatic N) is 5. The van der Waals surface area contributed by atoms with Crippen LogP contribution >= 0.6 is 23.2 Å². The molecule has 5 rings (SSSR count). The average Bonchev–Trinajstić information content (AvgIpc) is 3.20. The first kappa shape index (κ1) is 17.7. The van der Waals surface area contributed by atoms with Gasteiger partial charge in [0.1, 0.15) is 5.39 Å². The van der Waals surface area contributed by atoms with Crippen molar-refractivity contribution in [3.05, 3.63) is 87.5 Å². The number of fused-ring (bicyclic) bond motifs is 3. The Morgan fingerprint density at radius 1 is 0.931 bits per heavy atom. The van der Waals surface area contributed by atoms with Crippen molar-refractivity contribution in [2.45, 2.75) is 0 Å². The molecule has 29 heavy (non-hydrogen) atoms. The quantitative estimate of drug-likeness (QED) is 0.463. The Labute approximate surface area is 174 Å². The summed E-state index contributed by atoms with van der Waals surface area (Å²) in [7, 11) is 0. The van der Waals surface area contributed by atoms with Gasteiger partial charge in [-0.2, -0.15) is 4.98 Å². The first-order valence-corrected chi connectivity index (χ1v) is 9.40. The van der Waals surface area contributed by atoms with Crippen molar-refractivity contribution in [2.24, 2.45) is 0 Å². The number of rotatable bonds is 3. The van der Waals surface area contributed by atoms with Crippen LogP contribution in [0.5, 0.6) is 0 Å². The van der Waals surface area contributed by atoms with Crippen LogP contribution in [0.1, 0.15) is 0 Å². The van der Waals surface area contributed by atoms with Crippen LogP contribution in [-0.4, -0.2) is 23.9 Å². The second kappa shape index (κ2) is 6.88. The molecule has 0 saturated heterocycles. The standard InChI is InChI=1S/C20H12Cl2N6O/c21-14-7-4-8-15(22)16(14)28-18(29)13-11-24-19(25-12-5-2-1-3-6-12)26-17(13)27-10-9-23-20(27)28/h1-11H,(H,24,25,26). The van der Waals surface area contributed by atoms with Gasteiger partial charge in [-0.05, 0) is 24.3 Å². The minimum atomic E-state index is -0.361. The van der Waals surface area contributed by atoms with Gasteiger partial charge in [-0.25, -0.2) is 14.5 Å². The zero-order chi connectivity index (χ0) is 20.0. The minimum absolute atomic E-state index is 0.310. The maximum atomic E-state index is 13.3. The number of nitrogens with one attached hydrogen (secondary N) is 1. The molecule has 3 aromatic heterocycles. The molecule has 0 bridgehead atoms. The number of benzene rings is 2. The largest absolute Gasteiger partial charge is 0.324 e. The zero-order valence-electron chi connectivity index (χ0n) is 14.8. The Morgan fingerprint density at radius 3 is 2.45 bits per heavy atom. The summed E-state index contributed by atoms with van der Waals surface area (Å²) in [6.45, 7) is 0. The molecule has 142 valence electrons. The molecule has 0 amide bonds. The van der Waals surface area contributed by atoms with E-state index in [1.807, 2.05) is 30.3 Å². The zero-order valence-corrected chi connectivity index (χ0v) is 16.3. The number of aromatic nitrogens is 5. The van der Waals surface area contributed by atoms with Crippen LogP contribution in [0.4, 0.5) is 11.6 Å². The fourth-order valence-electron chi connectivity index (χ4n) is 3.16. The van der Waals surface area contributed by atoms with Crippen LogP contribution in [0, 0.1) is 0 Å². The van der Waals surface area contributed by atoms with Gasteiger partial charge in [0, 0.05) is 24.3 Å². The Balaban J connectivity index is 1.78. The van der Waals surface area contributed by atoms with E-state index < -0.39 is 0 Å². The molecule has 1 N–H and O–H groups in total. The maximum Gasteiger partial charge on any atom is 0.270 e. The number of halogens is 2. The molecule has 0 aliphatic rings. The lowest BCUT2D eigenvalue weighted by atomic mass is 10.3. The predicted molar refractivity (Wildman–Crippen MR) is 114 cm³/mol. The van der Waals surface area contributed by atoms with Crippen molar-refractivity contribution in [1.82, 2.24) is 23.9 Å². The lowest BCUT2D eigenvalue weighted by Gasteiger charge is -2.13. The van der Waals surface area contributed by atoms with E-state index in [1.165, 1.54) is 10.8 Å². The summed E-state index contributed by atoms with van der Waals surface area (Å²) in [6.07, 6.45) is 4.79. The van der Waals surface area contributed by atoms with Crippen LogP contribution in [0.15, 0.2) is 71.9 Å². The smallest absolute Gasteiger partial charge is 0.270 e. The van der Waals surface area contributed by atoms with Crippen molar-refractivity contribution in [3.63, 3.8) is 0 Å². The Hall–Kier alpha value is -3.42. The summed E-state index contributed by atoms with van der Waals surface area (Å²) >= 11 is 12.7. The number of para-hydroxylation sites is 2. The van der Waals surface area contributed by atoms with Crippen LogP contribution in [0.3, 0.4) is 0 Å². The van der Waals surface area contributed by atoms with E-state index in [1.54, 1.807) is 35.0 Å². The van der Waals surface area contributed by atoms with Crippen molar-refractivity contribution in [3.8, 4) is 5.69 Å². The maximum absolute atomic E-state index is 13.3. The van der Waals surface area contributed by atoms with E-state index in [9.17, 15) is 4.79 Å². The van der Waals surface area contributed by atoms with E-state index in [-0.39, 0.29) is 5.56 Å². The van der Waals surface area contributed by atoms with Crippen LogP contribution in [0.25, 0.3) is 22.5 Å². The monoisotopic (exact) mass is 422 g/mol. The summed E-state index contributed by atoms with van der Waals surface area (Å²) in [6, 6.07) is 14.6. The number of hydrogen-bond acceptors (Lipinski definition) is 5. The van der Waals surface area contributed by atoms with E-state index in [2.05, 4.69) is 20.3 Å². The topological polar surface area (TPSA) is 77.1 Å². The summed E-state index contributed by atoms with van der Waals surface area (Å²) < 4.78 is 3.08. The van der Waals surface area contributed by atoms with E-state index in [0.29, 0.717) is 38.5 Å². The predicted octanol–water partition coefficient (Wildman–Crippen LogP) is 4.48. The molecule has 0 fully saturated rings. The fourth-order valence-corrected chi connectivity index (χ4v) is 3.73. The molecular formula is C20H12Cl2N6O. The highest BCUT2D eigenvalue weighted by Gasteiger charge is 2.19. The number of hydrogen-bond donors (Lipinski definition) is 1. The number of anilines is 2. The van der Waals surface area contributed by atoms with Crippen molar-refractivity contribution >= 4 is 51.6 Å². The van der Waals surface area contributed by atoms with E-state index in [0.717, 1.165) is 5.69 Å². The van der Waals surface area contributed by atoms with Crippen molar-refractivity contribution < 1.29 is 0 Å². The Kier molecular flexibility index (Phi) is 4.19. The van der Waals surface area contributed by atoms with Gasteiger partial charge in [0.15, 0.2) is 5.65 Å². The highest BCUT2D eigenvalue weighted by Crippen LogP contribution is 2.29. The first-order chi connectivity index (χ1) is 14.1. The normalized spacial score (nSPS) is 11.2. The summed E-state index contributed by atoms with van der Waals surface area (Å²) in [4.78, 5) is 26.5. The third-order valence-electron chi connectivity index (χ3n) is 4.44. The molecule has 0 atom stereocenters. The van der Waals surface area contributed by atoms with Gasteiger partial charge in [0.25, 0.3) is 5.56 Å². The summed E-state index contributed by atoms with van der Waals surface area (Å²) in [5, 5.41) is 4.12. The van der Waals surface area contributed by atoms with Crippen molar-refractivity contribution in [2.75, 3.05) is 5.32 Å². The van der Waals surface area contributed by atoms with E-state index >= 15 is 0 Å². The van der Waals surface area contributed by atoms with Crippen LogP contribution < -0.4 is 10.9 Å². The molecule has 0 saturated carbocycles. The summed E-state index contributed by atoms with van der Waals surface area (Å²) in [5.41, 5.74) is 1.27. The molecule has 7 nitrogen and oxygen atoms in total. The molecular weight excluding hydrogens is 411 g/mol. The van der Waals surface area contributed by atoms with Crippen molar-refractivity contribution in [1.29, 1.82) is 0 Å². The third kappa shape index (κ3) is 2.91. The van der Waals surface area contributed by atoms with Gasteiger partial charge >= 0.3 is 0 Å². The minimum Gasteiger partial charge on any atom is -0.324 e. The second-order valence-corrected chi connectivity index (χ2v) is 7.04. The average molecular weight is 423 g/mol. The van der Waals surface area contributed by atoms with Crippen LogP contribution in [-0.2, 0) is 0 Å². The molecule has 3 heterocycles. The molecule has 0 aliphatic heterocycles. The van der Waals surface area contributed by atoms with Gasteiger partial charge in [-0.15, -0.1) is 0 Å². The lowest BCUT2D eigenvalue weighted by Crippen LogP contribution is -2.23. The molecule has 9 heteroatoms. The van der Waals surface area contributed by atoms with Crippen LogP contribution in [0.2, 0.25) is 10.0 Å². The molecule has 5 aromatic rings. The lowest BCUT2D eigenvalue weighted by molar-refractivity contribution is 0.962.